The van der Waals surface area contributed by atoms with Crippen molar-refractivity contribution >= 4 is 0 Å². The van der Waals surface area contributed by atoms with E-state index in [1.165, 1.54) is 6.42 Å². The molecule has 72 valence electrons. The van der Waals surface area contributed by atoms with Crippen LogP contribution >= 0.6 is 0 Å². The zero-order valence-corrected chi connectivity index (χ0v) is 8.38. The van der Waals surface area contributed by atoms with Gasteiger partial charge in [0.15, 0.2) is 0 Å². The van der Waals surface area contributed by atoms with Crippen LogP contribution in [0.25, 0.3) is 0 Å². The van der Waals surface area contributed by atoms with Gasteiger partial charge in [0.2, 0.25) is 0 Å². The SMILES string of the molecule is CCCCc1nccc(C)c1CO. The van der Waals surface area contributed by atoms with Crippen molar-refractivity contribution in [1.82, 2.24) is 4.98 Å². The Balaban J connectivity index is 2.85. The minimum absolute atomic E-state index is 0.110. The van der Waals surface area contributed by atoms with Crippen LogP contribution in [0.5, 0.6) is 0 Å². The first-order valence-electron chi connectivity index (χ1n) is 4.83. The molecule has 0 amide bonds. The third-order valence-electron chi connectivity index (χ3n) is 2.30. The van der Waals surface area contributed by atoms with Crippen LogP contribution in [0.4, 0.5) is 0 Å². The van der Waals surface area contributed by atoms with Crippen LogP contribution in [0.1, 0.15) is 36.6 Å². The van der Waals surface area contributed by atoms with Crippen molar-refractivity contribution < 1.29 is 5.11 Å². The number of aryl methyl sites for hydroxylation is 2. The Morgan fingerprint density at radius 3 is 2.85 bits per heavy atom. The monoisotopic (exact) mass is 179 g/mol. The van der Waals surface area contributed by atoms with Crippen LogP contribution in [-0.4, -0.2) is 10.1 Å². The molecular weight excluding hydrogens is 162 g/mol. The largest absolute Gasteiger partial charge is 0.392 e. The van der Waals surface area contributed by atoms with Gasteiger partial charge < -0.3 is 5.11 Å². The van der Waals surface area contributed by atoms with Gasteiger partial charge in [0.25, 0.3) is 0 Å². The summed E-state index contributed by atoms with van der Waals surface area (Å²) < 4.78 is 0. The Morgan fingerprint density at radius 1 is 1.46 bits per heavy atom. The summed E-state index contributed by atoms with van der Waals surface area (Å²) in [5, 5.41) is 9.16. The highest BCUT2D eigenvalue weighted by Crippen LogP contribution is 2.13. The number of hydrogen-bond donors (Lipinski definition) is 1. The van der Waals surface area contributed by atoms with Gasteiger partial charge in [-0.2, -0.15) is 0 Å². The first-order chi connectivity index (χ1) is 6.29. The molecule has 0 aromatic carbocycles. The van der Waals surface area contributed by atoms with Gasteiger partial charge in [0.05, 0.1) is 6.61 Å². The number of nitrogens with zero attached hydrogens (tertiary/aromatic N) is 1. The van der Waals surface area contributed by atoms with Gasteiger partial charge in [-0.3, -0.25) is 4.98 Å². The highest BCUT2D eigenvalue weighted by atomic mass is 16.3. The lowest BCUT2D eigenvalue weighted by Crippen LogP contribution is -2.00. The summed E-state index contributed by atoms with van der Waals surface area (Å²) in [5.74, 6) is 0. The molecule has 2 heteroatoms. The molecule has 0 aliphatic carbocycles. The van der Waals surface area contributed by atoms with E-state index in [1.54, 1.807) is 0 Å². The van der Waals surface area contributed by atoms with E-state index in [4.69, 9.17) is 5.11 Å². The van der Waals surface area contributed by atoms with Crippen molar-refractivity contribution in [3.63, 3.8) is 0 Å². The third kappa shape index (κ3) is 2.52. The summed E-state index contributed by atoms with van der Waals surface area (Å²) in [6.07, 6.45) is 5.11. The molecule has 13 heavy (non-hydrogen) atoms. The minimum Gasteiger partial charge on any atom is -0.392 e. The summed E-state index contributed by atoms with van der Waals surface area (Å²) in [5.41, 5.74) is 3.21. The lowest BCUT2D eigenvalue weighted by molar-refractivity contribution is 0.279. The predicted molar refractivity (Wildman–Crippen MR) is 53.5 cm³/mol. The van der Waals surface area contributed by atoms with Crippen LogP contribution in [0.15, 0.2) is 12.3 Å². The molecular formula is C11H17NO. The van der Waals surface area contributed by atoms with Gasteiger partial charge >= 0.3 is 0 Å². The fourth-order valence-corrected chi connectivity index (χ4v) is 1.42. The first kappa shape index (κ1) is 10.2. The van der Waals surface area contributed by atoms with Crippen molar-refractivity contribution in [3.8, 4) is 0 Å². The topological polar surface area (TPSA) is 33.1 Å². The molecule has 0 bridgehead atoms. The smallest absolute Gasteiger partial charge is 0.0702 e. The summed E-state index contributed by atoms with van der Waals surface area (Å²) in [6, 6.07) is 1.95. The molecule has 0 unspecified atom stereocenters. The van der Waals surface area contributed by atoms with Crippen LogP contribution in [0.2, 0.25) is 0 Å². The van der Waals surface area contributed by atoms with E-state index < -0.39 is 0 Å². The van der Waals surface area contributed by atoms with Crippen molar-refractivity contribution in [3.05, 3.63) is 29.1 Å². The molecule has 0 aliphatic rings. The second-order valence-corrected chi connectivity index (χ2v) is 3.31. The van der Waals surface area contributed by atoms with E-state index in [2.05, 4.69) is 11.9 Å². The normalized spacial score (nSPS) is 10.4. The first-order valence-corrected chi connectivity index (χ1v) is 4.83. The van der Waals surface area contributed by atoms with Gasteiger partial charge in [-0.1, -0.05) is 13.3 Å². The third-order valence-corrected chi connectivity index (χ3v) is 2.30. The Hall–Kier alpha value is -0.890. The highest BCUT2D eigenvalue weighted by molar-refractivity contribution is 5.28. The van der Waals surface area contributed by atoms with Crippen molar-refractivity contribution in [2.75, 3.05) is 0 Å². The molecule has 0 spiro atoms. The van der Waals surface area contributed by atoms with E-state index in [0.29, 0.717) is 0 Å². The molecule has 1 heterocycles. The standard InChI is InChI=1S/C11H17NO/c1-3-4-5-11-10(8-13)9(2)6-7-12-11/h6-7,13H,3-5,8H2,1-2H3. The number of aliphatic hydroxyl groups is 1. The van der Waals surface area contributed by atoms with Gasteiger partial charge in [-0.15, -0.1) is 0 Å². The van der Waals surface area contributed by atoms with Gasteiger partial charge in [0.1, 0.15) is 0 Å². The van der Waals surface area contributed by atoms with E-state index >= 15 is 0 Å². The van der Waals surface area contributed by atoms with E-state index in [-0.39, 0.29) is 6.61 Å². The number of rotatable bonds is 4. The number of pyridine rings is 1. The van der Waals surface area contributed by atoms with Crippen molar-refractivity contribution in [2.45, 2.75) is 39.7 Å². The van der Waals surface area contributed by atoms with E-state index in [1.807, 2.05) is 19.2 Å². The molecule has 0 atom stereocenters. The molecule has 2 nitrogen and oxygen atoms in total. The molecule has 0 aliphatic heterocycles. The molecule has 0 fully saturated rings. The van der Waals surface area contributed by atoms with Crippen LogP contribution in [0, 0.1) is 6.92 Å². The lowest BCUT2D eigenvalue weighted by Gasteiger charge is -2.08. The quantitative estimate of drug-likeness (QED) is 0.768. The Morgan fingerprint density at radius 2 is 2.23 bits per heavy atom. The minimum atomic E-state index is 0.110. The van der Waals surface area contributed by atoms with Gasteiger partial charge in [-0.25, -0.2) is 0 Å². The second kappa shape index (κ2) is 4.97. The number of aliphatic hydroxyl groups excluding tert-OH is 1. The summed E-state index contributed by atoms with van der Waals surface area (Å²) in [6.45, 7) is 4.29. The molecule has 1 aromatic heterocycles. The predicted octanol–water partition coefficient (Wildman–Crippen LogP) is 2.22. The zero-order valence-electron chi connectivity index (χ0n) is 8.38. The molecule has 0 radical (unpaired) electrons. The maximum absolute atomic E-state index is 9.16. The molecule has 0 saturated heterocycles. The summed E-state index contributed by atoms with van der Waals surface area (Å²) in [4.78, 5) is 4.29. The Bertz CT molecular complexity index is 271. The maximum Gasteiger partial charge on any atom is 0.0702 e. The van der Waals surface area contributed by atoms with Gasteiger partial charge in [0, 0.05) is 17.5 Å². The molecule has 0 saturated carbocycles. The van der Waals surface area contributed by atoms with Crippen molar-refractivity contribution in [2.24, 2.45) is 0 Å². The number of aromatic nitrogens is 1. The summed E-state index contributed by atoms with van der Waals surface area (Å²) >= 11 is 0. The van der Waals surface area contributed by atoms with Crippen LogP contribution < -0.4 is 0 Å². The Labute approximate surface area is 79.6 Å². The molecule has 1 aromatic rings. The zero-order chi connectivity index (χ0) is 9.68. The highest BCUT2D eigenvalue weighted by Gasteiger charge is 2.04. The Kier molecular flexibility index (Phi) is 3.90. The maximum atomic E-state index is 9.16. The fraction of sp³-hybridized carbons (Fsp3) is 0.545. The second-order valence-electron chi connectivity index (χ2n) is 3.31. The molecule has 1 rings (SSSR count). The summed E-state index contributed by atoms with van der Waals surface area (Å²) in [7, 11) is 0. The van der Waals surface area contributed by atoms with Crippen molar-refractivity contribution in [1.29, 1.82) is 0 Å². The number of unbranched alkanes of at least 4 members (excludes halogenated alkanes) is 1. The van der Waals surface area contributed by atoms with E-state index in [0.717, 1.165) is 29.7 Å². The molecule has 1 N–H and O–H groups in total. The van der Waals surface area contributed by atoms with Crippen LogP contribution in [-0.2, 0) is 13.0 Å². The van der Waals surface area contributed by atoms with Crippen LogP contribution in [0.3, 0.4) is 0 Å². The lowest BCUT2D eigenvalue weighted by atomic mass is 10.0. The number of hydrogen-bond acceptors (Lipinski definition) is 2. The average Bonchev–Trinajstić information content (AvgIpc) is 2.15. The fourth-order valence-electron chi connectivity index (χ4n) is 1.42. The van der Waals surface area contributed by atoms with E-state index in [9.17, 15) is 0 Å². The van der Waals surface area contributed by atoms with Gasteiger partial charge in [-0.05, 0) is 31.4 Å². The average molecular weight is 179 g/mol.